The number of fused-ring (bicyclic) bond motifs is 2. The lowest BCUT2D eigenvalue weighted by Gasteiger charge is -2.29. The number of benzene rings is 1. The topological polar surface area (TPSA) is 103 Å². The second kappa shape index (κ2) is 6.33. The highest BCUT2D eigenvalue weighted by Gasteiger charge is 2.39. The Balaban J connectivity index is 1.43. The number of hydrogen-bond donors (Lipinski definition) is 3. The largest absolute Gasteiger partial charge is 0.380 e. The average molecular weight is 377 g/mol. The Kier molecular flexibility index (Phi) is 3.78. The molecule has 5 rings (SSSR count). The number of piperidine rings is 1. The van der Waals surface area contributed by atoms with Crippen molar-refractivity contribution in [3.05, 3.63) is 41.5 Å². The number of hydrogen-bond acceptors (Lipinski definition) is 6. The van der Waals surface area contributed by atoms with Crippen molar-refractivity contribution in [2.24, 2.45) is 0 Å². The van der Waals surface area contributed by atoms with Crippen LogP contribution in [0.1, 0.15) is 28.8 Å². The van der Waals surface area contributed by atoms with E-state index in [2.05, 4.69) is 20.9 Å². The number of rotatable bonds is 2. The van der Waals surface area contributed by atoms with Gasteiger partial charge in [0.2, 0.25) is 11.8 Å². The summed E-state index contributed by atoms with van der Waals surface area (Å²) in [5.41, 5.74) is 4.20. The fourth-order valence-corrected chi connectivity index (χ4v) is 4.01. The molecule has 0 radical (unpaired) electrons. The van der Waals surface area contributed by atoms with Gasteiger partial charge in [-0.3, -0.25) is 19.7 Å². The van der Waals surface area contributed by atoms with Gasteiger partial charge in [0, 0.05) is 37.2 Å². The van der Waals surface area contributed by atoms with E-state index in [0.29, 0.717) is 18.5 Å². The molecule has 28 heavy (non-hydrogen) atoms. The maximum absolute atomic E-state index is 12.8. The van der Waals surface area contributed by atoms with Gasteiger partial charge in [0.25, 0.3) is 5.91 Å². The van der Waals surface area contributed by atoms with E-state index in [0.717, 1.165) is 41.4 Å². The first kappa shape index (κ1) is 16.7. The number of carbonyl (C=O) groups excluding carboxylic acids is 3. The Morgan fingerprint density at radius 1 is 1.04 bits per heavy atom. The minimum atomic E-state index is -0.599. The van der Waals surface area contributed by atoms with Gasteiger partial charge >= 0.3 is 0 Å². The number of nitrogens with zero attached hydrogens (tertiary/aromatic N) is 2. The number of amides is 3. The zero-order valence-corrected chi connectivity index (χ0v) is 15.1. The quantitative estimate of drug-likeness (QED) is 0.683. The summed E-state index contributed by atoms with van der Waals surface area (Å²) in [7, 11) is 0. The fraction of sp³-hybridized carbons (Fsp3) is 0.300. The standard InChI is InChI=1S/C20H19N5O3/c26-17-6-5-16(19(27)24-17)25-10-12-9-11(1-2-13(12)20(25)28)14-3-4-15-18(23-14)22-8-7-21-15/h1-4,9,16,21H,5-8,10H2,(H,22,23)(H,24,26,27). The summed E-state index contributed by atoms with van der Waals surface area (Å²) in [6.07, 6.45) is 0.615. The van der Waals surface area contributed by atoms with E-state index >= 15 is 0 Å². The van der Waals surface area contributed by atoms with Gasteiger partial charge in [-0.2, -0.15) is 0 Å². The van der Waals surface area contributed by atoms with Gasteiger partial charge in [-0.15, -0.1) is 0 Å². The van der Waals surface area contributed by atoms with Crippen LogP contribution in [0.2, 0.25) is 0 Å². The van der Waals surface area contributed by atoms with Crippen LogP contribution in [0.5, 0.6) is 0 Å². The zero-order valence-electron chi connectivity index (χ0n) is 15.1. The summed E-state index contributed by atoms with van der Waals surface area (Å²) in [4.78, 5) is 42.6. The van der Waals surface area contributed by atoms with Crippen LogP contribution in [0, 0.1) is 0 Å². The fourth-order valence-electron chi connectivity index (χ4n) is 4.01. The predicted molar refractivity (Wildman–Crippen MR) is 103 cm³/mol. The summed E-state index contributed by atoms with van der Waals surface area (Å²) in [5, 5.41) is 8.91. The first-order valence-corrected chi connectivity index (χ1v) is 9.37. The Morgan fingerprint density at radius 2 is 1.89 bits per heavy atom. The summed E-state index contributed by atoms with van der Waals surface area (Å²) >= 11 is 0. The highest BCUT2D eigenvalue weighted by atomic mass is 16.2. The number of pyridine rings is 1. The number of anilines is 2. The SMILES string of the molecule is O=C1CCC(N2Cc3cc(-c4ccc5c(n4)NCCN5)ccc3C2=O)C(=O)N1. The van der Waals surface area contributed by atoms with E-state index in [1.165, 1.54) is 0 Å². The smallest absolute Gasteiger partial charge is 0.255 e. The van der Waals surface area contributed by atoms with Crippen molar-refractivity contribution in [3.63, 3.8) is 0 Å². The van der Waals surface area contributed by atoms with Gasteiger partial charge in [0.15, 0.2) is 0 Å². The lowest BCUT2D eigenvalue weighted by molar-refractivity contribution is -0.136. The van der Waals surface area contributed by atoms with Crippen molar-refractivity contribution >= 4 is 29.2 Å². The molecule has 0 aliphatic carbocycles. The predicted octanol–water partition coefficient (Wildman–Crippen LogP) is 1.35. The Labute approximate surface area is 161 Å². The normalized spacial score (nSPS) is 20.8. The molecule has 0 saturated carbocycles. The highest BCUT2D eigenvalue weighted by Crippen LogP contribution is 2.32. The van der Waals surface area contributed by atoms with Gasteiger partial charge in [-0.05, 0) is 36.2 Å². The zero-order chi connectivity index (χ0) is 19.3. The van der Waals surface area contributed by atoms with Crippen LogP contribution >= 0.6 is 0 Å². The third-order valence-corrected chi connectivity index (χ3v) is 5.45. The molecule has 4 heterocycles. The molecule has 1 aromatic carbocycles. The number of nitrogens with one attached hydrogen (secondary N) is 3. The van der Waals surface area contributed by atoms with Crippen molar-refractivity contribution in [2.75, 3.05) is 23.7 Å². The molecular weight excluding hydrogens is 358 g/mol. The van der Waals surface area contributed by atoms with Crippen molar-refractivity contribution in [1.29, 1.82) is 0 Å². The molecule has 142 valence electrons. The molecule has 1 unspecified atom stereocenters. The van der Waals surface area contributed by atoms with Crippen LogP contribution < -0.4 is 16.0 Å². The van der Waals surface area contributed by atoms with E-state index in [4.69, 9.17) is 0 Å². The molecule has 1 fully saturated rings. The first-order valence-electron chi connectivity index (χ1n) is 9.37. The molecule has 1 aromatic heterocycles. The van der Waals surface area contributed by atoms with Crippen LogP contribution in [0.4, 0.5) is 11.5 Å². The van der Waals surface area contributed by atoms with Crippen LogP contribution in [0.15, 0.2) is 30.3 Å². The second-order valence-electron chi connectivity index (χ2n) is 7.22. The molecule has 3 aliphatic heterocycles. The maximum Gasteiger partial charge on any atom is 0.255 e. The number of aromatic nitrogens is 1. The molecule has 1 atom stereocenters. The van der Waals surface area contributed by atoms with Crippen molar-refractivity contribution in [3.8, 4) is 11.3 Å². The van der Waals surface area contributed by atoms with Crippen LogP contribution in [0.3, 0.4) is 0 Å². The maximum atomic E-state index is 12.8. The van der Waals surface area contributed by atoms with Crippen LogP contribution in [0.25, 0.3) is 11.3 Å². The van der Waals surface area contributed by atoms with Crippen LogP contribution in [-0.2, 0) is 16.1 Å². The van der Waals surface area contributed by atoms with E-state index in [9.17, 15) is 14.4 Å². The first-order chi connectivity index (χ1) is 13.6. The molecule has 8 heteroatoms. The van der Waals surface area contributed by atoms with Gasteiger partial charge in [-0.25, -0.2) is 4.98 Å². The molecule has 1 saturated heterocycles. The highest BCUT2D eigenvalue weighted by molar-refractivity contribution is 6.05. The monoisotopic (exact) mass is 377 g/mol. The third kappa shape index (κ3) is 2.69. The molecule has 8 nitrogen and oxygen atoms in total. The van der Waals surface area contributed by atoms with E-state index < -0.39 is 11.9 Å². The Morgan fingerprint density at radius 3 is 2.75 bits per heavy atom. The summed E-state index contributed by atoms with van der Waals surface area (Å²) in [6.45, 7) is 2.05. The lowest BCUT2D eigenvalue weighted by Crippen LogP contribution is -2.52. The van der Waals surface area contributed by atoms with Gasteiger partial charge in [0.1, 0.15) is 11.9 Å². The molecule has 3 N–H and O–H groups in total. The molecule has 0 spiro atoms. The third-order valence-electron chi connectivity index (χ3n) is 5.45. The van der Waals surface area contributed by atoms with Gasteiger partial charge < -0.3 is 15.5 Å². The molecule has 3 aliphatic rings. The van der Waals surface area contributed by atoms with Crippen molar-refractivity contribution in [1.82, 2.24) is 15.2 Å². The summed E-state index contributed by atoms with van der Waals surface area (Å²) in [6, 6.07) is 9.00. The lowest BCUT2D eigenvalue weighted by atomic mass is 10.0. The van der Waals surface area contributed by atoms with E-state index in [-0.39, 0.29) is 18.2 Å². The van der Waals surface area contributed by atoms with Crippen LogP contribution in [-0.4, -0.2) is 46.7 Å². The average Bonchev–Trinajstić information content (AvgIpc) is 3.03. The van der Waals surface area contributed by atoms with Crippen molar-refractivity contribution < 1.29 is 14.4 Å². The summed E-state index contributed by atoms with van der Waals surface area (Å²) in [5.74, 6) is -0.0207. The summed E-state index contributed by atoms with van der Waals surface area (Å²) < 4.78 is 0. The minimum absolute atomic E-state index is 0.166. The van der Waals surface area contributed by atoms with E-state index in [1.807, 2.05) is 24.3 Å². The molecular formula is C20H19N5O3. The number of carbonyl (C=O) groups is 3. The minimum Gasteiger partial charge on any atom is -0.380 e. The number of imide groups is 1. The molecule has 0 bridgehead atoms. The molecule has 2 aromatic rings. The second-order valence-corrected chi connectivity index (χ2v) is 7.22. The Hall–Kier alpha value is -3.42. The van der Waals surface area contributed by atoms with Gasteiger partial charge in [0.05, 0.1) is 11.4 Å². The van der Waals surface area contributed by atoms with Crippen molar-refractivity contribution in [2.45, 2.75) is 25.4 Å². The van der Waals surface area contributed by atoms with Gasteiger partial charge in [-0.1, -0.05) is 6.07 Å². The Bertz CT molecular complexity index is 1020. The molecule has 3 amide bonds. The van der Waals surface area contributed by atoms with E-state index in [1.54, 1.807) is 11.0 Å².